The molecule has 0 spiro atoms. The first-order chi connectivity index (χ1) is 12.5. The van der Waals surface area contributed by atoms with Crippen molar-refractivity contribution in [1.29, 1.82) is 0 Å². The van der Waals surface area contributed by atoms with Gasteiger partial charge >= 0.3 is 0 Å². The van der Waals surface area contributed by atoms with Crippen LogP contribution in [0.3, 0.4) is 0 Å². The van der Waals surface area contributed by atoms with E-state index < -0.39 is 22.2 Å². The molecule has 2 aromatic rings. The van der Waals surface area contributed by atoms with Crippen molar-refractivity contribution in [3.63, 3.8) is 0 Å². The maximum Gasteiger partial charge on any atom is 0.240 e. The van der Waals surface area contributed by atoms with Crippen LogP contribution in [0.2, 0.25) is 0 Å². The fourth-order valence-electron chi connectivity index (χ4n) is 2.77. The molecule has 1 heterocycles. The normalized spacial score (nSPS) is 23.2. The molecule has 8 heteroatoms. The molecule has 0 aliphatic carbocycles. The molecule has 0 amide bonds. The van der Waals surface area contributed by atoms with Crippen LogP contribution in [0.15, 0.2) is 59.5 Å². The third kappa shape index (κ3) is 4.66. The van der Waals surface area contributed by atoms with Crippen molar-refractivity contribution in [1.82, 2.24) is 10.0 Å². The lowest BCUT2D eigenvalue weighted by Gasteiger charge is -2.19. The average molecular weight is 380 g/mol. The van der Waals surface area contributed by atoms with E-state index in [-0.39, 0.29) is 29.9 Å². The molecule has 2 aromatic carbocycles. The first-order valence-corrected chi connectivity index (χ1v) is 9.76. The second-order valence-corrected chi connectivity index (χ2v) is 7.91. The van der Waals surface area contributed by atoms with Crippen LogP contribution in [0, 0.1) is 5.82 Å². The maximum atomic E-state index is 12.9. The van der Waals surface area contributed by atoms with Crippen LogP contribution in [0.1, 0.15) is 5.56 Å². The molecule has 3 N–H and O–H groups in total. The molecule has 1 fully saturated rings. The van der Waals surface area contributed by atoms with Gasteiger partial charge in [0.25, 0.3) is 0 Å². The Morgan fingerprint density at radius 3 is 2.50 bits per heavy atom. The fraction of sp³-hybridized carbons (Fsp3) is 0.333. The van der Waals surface area contributed by atoms with Gasteiger partial charge in [-0.15, -0.1) is 0 Å². The largest absolute Gasteiger partial charge is 0.389 e. The van der Waals surface area contributed by atoms with Crippen molar-refractivity contribution in [2.45, 2.75) is 29.7 Å². The minimum atomic E-state index is -3.65. The van der Waals surface area contributed by atoms with Crippen molar-refractivity contribution >= 4 is 10.0 Å². The molecule has 3 unspecified atom stereocenters. The molecule has 1 aliphatic heterocycles. The zero-order chi connectivity index (χ0) is 18.6. The van der Waals surface area contributed by atoms with Gasteiger partial charge in [0.1, 0.15) is 5.82 Å². The predicted molar refractivity (Wildman–Crippen MR) is 94.4 cm³/mol. The number of hydrogen-bond acceptors (Lipinski definition) is 5. The number of rotatable bonds is 7. The molecule has 3 atom stereocenters. The van der Waals surface area contributed by atoms with E-state index in [1.807, 2.05) is 0 Å². The third-order valence-corrected chi connectivity index (χ3v) is 5.73. The highest BCUT2D eigenvalue weighted by Crippen LogP contribution is 2.16. The summed E-state index contributed by atoms with van der Waals surface area (Å²) >= 11 is 0. The van der Waals surface area contributed by atoms with Gasteiger partial charge < -0.3 is 15.2 Å². The van der Waals surface area contributed by atoms with E-state index in [0.717, 1.165) is 5.56 Å². The van der Waals surface area contributed by atoms with Crippen molar-refractivity contribution in [2.24, 2.45) is 0 Å². The maximum absolute atomic E-state index is 12.9. The number of aliphatic hydroxyl groups is 1. The monoisotopic (exact) mass is 380 g/mol. The lowest BCUT2D eigenvalue weighted by Crippen LogP contribution is -2.44. The smallest absolute Gasteiger partial charge is 0.240 e. The summed E-state index contributed by atoms with van der Waals surface area (Å²) in [6, 6.07) is 13.8. The zero-order valence-electron chi connectivity index (χ0n) is 14.0. The van der Waals surface area contributed by atoms with Crippen LogP contribution >= 0.6 is 0 Å². The van der Waals surface area contributed by atoms with Crippen LogP contribution < -0.4 is 10.0 Å². The van der Waals surface area contributed by atoms with E-state index in [2.05, 4.69) is 10.0 Å². The Hall–Kier alpha value is -1.84. The summed E-state index contributed by atoms with van der Waals surface area (Å²) in [5, 5.41) is 13.5. The highest BCUT2D eigenvalue weighted by atomic mass is 32.2. The summed E-state index contributed by atoms with van der Waals surface area (Å²) in [5.74, 6) is -0.302. The van der Waals surface area contributed by atoms with Gasteiger partial charge in [-0.05, 0) is 29.8 Å². The molecular weight excluding hydrogens is 359 g/mol. The Morgan fingerprint density at radius 1 is 1.12 bits per heavy atom. The molecule has 140 valence electrons. The second-order valence-electron chi connectivity index (χ2n) is 6.14. The van der Waals surface area contributed by atoms with Crippen LogP contribution in [0.25, 0.3) is 0 Å². The molecule has 0 bridgehead atoms. The van der Waals surface area contributed by atoms with Gasteiger partial charge in [0.2, 0.25) is 10.0 Å². The topological polar surface area (TPSA) is 87.7 Å². The summed E-state index contributed by atoms with van der Waals surface area (Å²) in [4.78, 5) is 0.165. The lowest BCUT2D eigenvalue weighted by atomic mass is 10.1. The number of sulfonamides is 1. The summed E-state index contributed by atoms with van der Waals surface area (Å²) in [6.07, 6.45) is -1.49. The number of hydrogen-bond donors (Lipinski definition) is 3. The SMILES string of the molecule is O=S(=O)(NCC1OCC(NCc2ccc(F)cc2)C1O)c1ccccc1. The molecular formula is C18H21FN2O4S. The van der Waals surface area contributed by atoms with E-state index in [1.54, 1.807) is 30.3 Å². The number of benzene rings is 2. The minimum absolute atomic E-state index is 0.0207. The summed E-state index contributed by atoms with van der Waals surface area (Å²) < 4.78 is 45.3. The van der Waals surface area contributed by atoms with Gasteiger partial charge in [0.15, 0.2) is 0 Å². The van der Waals surface area contributed by atoms with Crippen LogP contribution in [-0.4, -0.2) is 44.9 Å². The fourth-order valence-corrected chi connectivity index (χ4v) is 3.83. The average Bonchev–Trinajstić information content (AvgIpc) is 3.00. The Morgan fingerprint density at radius 2 is 1.81 bits per heavy atom. The predicted octanol–water partition coefficient (Wildman–Crippen LogP) is 1.02. The second kappa shape index (κ2) is 8.24. The highest BCUT2D eigenvalue weighted by Gasteiger charge is 2.36. The summed E-state index contributed by atoms with van der Waals surface area (Å²) in [7, 11) is -3.65. The Labute approximate surface area is 152 Å². The quantitative estimate of drug-likeness (QED) is 0.668. The Kier molecular flexibility index (Phi) is 6.00. The minimum Gasteiger partial charge on any atom is -0.389 e. The molecule has 6 nitrogen and oxygen atoms in total. The highest BCUT2D eigenvalue weighted by molar-refractivity contribution is 7.89. The molecule has 0 aromatic heterocycles. The first kappa shape index (κ1) is 18.9. The molecule has 3 rings (SSSR count). The van der Waals surface area contributed by atoms with E-state index >= 15 is 0 Å². The molecule has 0 saturated carbocycles. The third-order valence-electron chi connectivity index (χ3n) is 4.29. The molecule has 0 radical (unpaired) electrons. The Balaban J connectivity index is 1.51. The zero-order valence-corrected chi connectivity index (χ0v) is 14.8. The molecule has 1 saturated heterocycles. The van der Waals surface area contributed by atoms with Gasteiger partial charge in [-0.2, -0.15) is 0 Å². The van der Waals surface area contributed by atoms with Crippen molar-refractivity contribution in [2.75, 3.05) is 13.2 Å². The van der Waals surface area contributed by atoms with Gasteiger partial charge in [-0.25, -0.2) is 17.5 Å². The van der Waals surface area contributed by atoms with E-state index in [1.165, 1.54) is 24.3 Å². The number of halogens is 1. The van der Waals surface area contributed by atoms with E-state index in [9.17, 15) is 17.9 Å². The van der Waals surface area contributed by atoms with Crippen molar-refractivity contribution in [3.05, 3.63) is 66.0 Å². The van der Waals surface area contributed by atoms with Gasteiger partial charge in [-0.1, -0.05) is 30.3 Å². The number of nitrogens with one attached hydrogen (secondary N) is 2. The van der Waals surface area contributed by atoms with Crippen LogP contribution in [-0.2, 0) is 21.3 Å². The summed E-state index contributed by atoms with van der Waals surface area (Å²) in [6.45, 7) is 0.695. The van der Waals surface area contributed by atoms with E-state index in [4.69, 9.17) is 4.74 Å². The number of ether oxygens (including phenoxy) is 1. The van der Waals surface area contributed by atoms with Crippen molar-refractivity contribution in [3.8, 4) is 0 Å². The standard InChI is InChI=1S/C18H21FN2O4S/c19-14-8-6-13(7-9-14)10-20-16-12-25-17(18(16)22)11-21-26(23,24)15-4-2-1-3-5-15/h1-9,16-18,20-22H,10-12H2. The van der Waals surface area contributed by atoms with Gasteiger partial charge in [0.05, 0.1) is 29.8 Å². The van der Waals surface area contributed by atoms with Gasteiger partial charge in [-0.3, -0.25) is 0 Å². The van der Waals surface area contributed by atoms with E-state index in [0.29, 0.717) is 6.54 Å². The van der Waals surface area contributed by atoms with Gasteiger partial charge in [0, 0.05) is 13.1 Å². The number of aliphatic hydroxyl groups excluding tert-OH is 1. The summed E-state index contributed by atoms with van der Waals surface area (Å²) in [5.41, 5.74) is 0.881. The lowest BCUT2D eigenvalue weighted by molar-refractivity contribution is 0.0443. The van der Waals surface area contributed by atoms with Crippen LogP contribution in [0.4, 0.5) is 4.39 Å². The van der Waals surface area contributed by atoms with Crippen molar-refractivity contribution < 1.29 is 22.7 Å². The molecule has 26 heavy (non-hydrogen) atoms. The Bertz CT molecular complexity index is 815. The first-order valence-electron chi connectivity index (χ1n) is 8.28. The van der Waals surface area contributed by atoms with Crippen LogP contribution in [0.5, 0.6) is 0 Å². The molecule has 1 aliphatic rings.